The van der Waals surface area contributed by atoms with Gasteiger partial charge in [-0.15, -0.1) is 0 Å². The molecule has 0 amide bonds. The van der Waals surface area contributed by atoms with E-state index in [4.69, 9.17) is 0 Å². The second-order valence-electron chi connectivity index (χ2n) is 1.50. The molecule has 0 heterocycles. The largest absolute Gasteiger partial charge is 0.178 e. The zero-order valence-corrected chi connectivity index (χ0v) is 7.94. The summed E-state index contributed by atoms with van der Waals surface area (Å²) >= 11 is 16.5. The van der Waals surface area contributed by atoms with Gasteiger partial charge in [-0.1, -0.05) is 0 Å². The molecule has 0 saturated heterocycles. The zero-order chi connectivity index (χ0) is 6.57. The van der Waals surface area contributed by atoms with Crippen molar-refractivity contribution in [1.29, 1.82) is 0 Å². The van der Waals surface area contributed by atoms with Crippen LogP contribution in [0.1, 0.15) is 0 Å². The Balaban J connectivity index is 3.29. The second-order valence-corrected chi connectivity index (χ2v) is 3.56. The van der Waals surface area contributed by atoms with Gasteiger partial charge in [0, 0.05) is 22.0 Å². The van der Waals surface area contributed by atoms with Gasteiger partial charge < -0.3 is 0 Å². The molecular formula is C4H10S4. The monoisotopic (exact) mass is 186 g/mol. The molecule has 0 nitrogen and oxygen atoms in total. The fraction of sp³-hybridized carbons (Fsp3) is 1.00. The van der Waals surface area contributed by atoms with Crippen molar-refractivity contribution in [2.45, 2.75) is 10.5 Å². The minimum absolute atomic E-state index is 0.263. The molecule has 0 aromatic carbocycles. The van der Waals surface area contributed by atoms with Crippen molar-refractivity contribution in [1.82, 2.24) is 0 Å². The average Bonchev–Trinajstić information content (AvgIpc) is 1.84. The van der Waals surface area contributed by atoms with Crippen LogP contribution in [0.3, 0.4) is 0 Å². The minimum atomic E-state index is 0.263. The van der Waals surface area contributed by atoms with Gasteiger partial charge in [0.2, 0.25) is 0 Å². The summed E-state index contributed by atoms with van der Waals surface area (Å²) < 4.78 is 0. The Labute approximate surface area is 72.5 Å². The van der Waals surface area contributed by atoms with Crippen molar-refractivity contribution in [2.75, 3.05) is 11.5 Å². The summed E-state index contributed by atoms with van der Waals surface area (Å²) in [4.78, 5) is 0. The Morgan fingerprint density at radius 3 is 1.25 bits per heavy atom. The molecule has 0 bridgehead atoms. The molecule has 0 rings (SSSR count). The van der Waals surface area contributed by atoms with Gasteiger partial charge in [0.25, 0.3) is 0 Å². The molecule has 0 radical (unpaired) electrons. The van der Waals surface area contributed by atoms with E-state index in [1.165, 1.54) is 0 Å². The molecule has 0 spiro atoms. The van der Waals surface area contributed by atoms with E-state index >= 15 is 0 Å². The van der Waals surface area contributed by atoms with Gasteiger partial charge >= 0.3 is 0 Å². The Morgan fingerprint density at radius 2 is 1.12 bits per heavy atom. The van der Waals surface area contributed by atoms with E-state index < -0.39 is 0 Å². The third-order valence-corrected chi connectivity index (χ3v) is 3.50. The third kappa shape index (κ3) is 3.43. The lowest BCUT2D eigenvalue weighted by Gasteiger charge is -2.11. The topological polar surface area (TPSA) is 0 Å². The lowest BCUT2D eigenvalue weighted by molar-refractivity contribution is 0.969. The Kier molecular flexibility index (Phi) is 6.12. The highest BCUT2D eigenvalue weighted by molar-refractivity contribution is 7.88. The quantitative estimate of drug-likeness (QED) is 0.471. The molecule has 2 unspecified atom stereocenters. The maximum atomic E-state index is 4.20. The first-order chi connectivity index (χ1) is 3.72. The summed E-state index contributed by atoms with van der Waals surface area (Å²) in [5.74, 6) is 1.52. The van der Waals surface area contributed by atoms with E-state index in [9.17, 15) is 0 Å². The molecule has 50 valence electrons. The van der Waals surface area contributed by atoms with E-state index in [1.807, 2.05) is 0 Å². The maximum absolute atomic E-state index is 4.20. The van der Waals surface area contributed by atoms with E-state index in [-0.39, 0.29) is 10.5 Å². The standard InChI is InChI=1S/C4H10S4/c5-1-3(7)4(8)2-6/h3-8H,1-2H2. The maximum Gasteiger partial charge on any atom is 0.0229 e. The second kappa shape index (κ2) is 5.21. The molecular weight excluding hydrogens is 176 g/mol. The van der Waals surface area contributed by atoms with Crippen LogP contribution in [0.4, 0.5) is 0 Å². The molecule has 0 fully saturated rings. The Bertz CT molecular complexity index is 48.0. The van der Waals surface area contributed by atoms with Crippen molar-refractivity contribution in [2.24, 2.45) is 0 Å². The van der Waals surface area contributed by atoms with Crippen molar-refractivity contribution in [3.63, 3.8) is 0 Å². The summed E-state index contributed by atoms with van der Waals surface area (Å²) in [7, 11) is 0. The van der Waals surface area contributed by atoms with E-state index in [0.29, 0.717) is 0 Å². The van der Waals surface area contributed by atoms with Crippen LogP contribution in [0.2, 0.25) is 0 Å². The highest BCUT2D eigenvalue weighted by Gasteiger charge is 2.08. The Morgan fingerprint density at radius 1 is 0.875 bits per heavy atom. The van der Waals surface area contributed by atoms with Crippen molar-refractivity contribution in [3.05, 3.63) is 0 Å². The SMILES string of the molecule is SCC(S)C(S)CS. The summed E-state index contributed by atoms with van der Waals surface area (Å²) in [5, 5.41) is 0.526. The minimum Gasteiger partial charge on any atom is -0.178 e. The van der Waals surface area contributed by atoms with Gasteiger partial charge in [0.05, 0.1) is 0 Å². The van der Waals surface area contributed by atoms with Crippen LogP contribution < -0.4 is 0 Å². The number of rotatable bonds is 3. The predicted octanol–water partition coefficient (Wildman–Crippen LogP) is 1.44. The molecule has 0 aliphatic heterocycles. The fourth-order valence-corrected chi connectivity index (χ4v) is 1.30. The molecule has 0 aliphatic carbocycles. The van der Waals surface area contributed by atoms with Crippen LogP contribution in [0.5, 0.6) is 0 Å². The molecule has 0 aromatic heterocycles. The van der Waals surface area contributed by atoms with Crippen molar-refractivity contribution >= 4 is 50.5 Å². The lowest BCUT2D eigenvalue weighted by atomic mass is 10.3. The van der Waals surface area contributed by atoms with Gasteiger partial charge in [0.15, 0.2) is 0 Å². The van der Waals surface area contributed by atoms with Crippen LogP contribution in [0.25, 0.3) is 0 Å². The first-order valence-electron chi connectivity index (χ1n) is 2.30. The smallest absolute Gasteiger partial charge is 0.0229 e. The highest BCUT2D eigenvalue weighted by Crippen LogP contribution is 2.11. The van der Waals surface area contributed by atoms with E-state index in [1.54, 1.807) is 0 Å². The van der Waals surface area contributed by atoms with Crippen LogP contribution >= 0.6 is 50.5 Å². The molecule has 0 aromatic rings. The van der Waals surface area contributed by atoms with Crippen LogP contribution in [-0.4, -0.2) is 22.0 Å². The summed E-state index contributed by atoms with van der Waals surface area (Å²) in [5.41, 5.74) is 0. The first kappa shape index (κ1) is 9.40. The normalized spacial score (nSPS) is 18.0. The summed E-state index contributed by atoms with van der Waals surface area (Å²) in [6.45, 7) is 0. The predicted molar refractivity (Wildman–Crippen MR) is 53.3 cm³/mol. The molecule has 2 atom stereocenters. The van der Waals surface area contributed by atoms with Gasteiger partial charge in [0.1, 0.15) is 0 Å². The summed E-state index contributed by atoms with van der Waals surface area (Å²) in [6, 6.07) is 0. The van der Waals surface area contributed by atoms with Gasteiger partial charge in [-0.25, -0.2) is 0 Å². The Hall–Kier alpha value is 1.40. The van der Waals surface area contributed by atoms with Crippen LogP contribution in [0.15, 0.2) is 0 Å². The van der Waals surface area contributed by atoms with Gasteiger partial charge in [-0.3, -0.25) is 0 Å². The number of thiol groups is 4. The van der Waals surface area contributed by atoms with Crippen LogP contribution in [-0.2, 0) is 0 Å². The molecule has 8 heavy (non-hydrogen) atoms. The average molecular weight is 186 g/mol. The number of hydrogen-bond acceptors (Lipinski definition) is 4. The zero-order valence-electron chi connectivity index (χ0n) is 4.36. The van der Waals surface area contributed by atoms with Crippen molar-refractivity contribution in [3.8, 4) is 0 Å². The highest BCUT2D eigenvalue weighted by atomic mass is 32.1. The lowest BCUT2D eigenvalue weighted by Crippen LogP contribution is -2.18. The summed E-state index contributed by atoms with van der Waals surface area (Å²) in [6.07, 6.45) is 0. The molecule has 0 N–H and O–H groups in total. The van der Waals surface area contributed by atoms with Gasteiger partial charge in [-0.2, -0.15) is 50.5 Å². The fourth-order valence-electron chi connectivity index (χ4n) is 0.243. The number of hydrogen-bond donors (Lipinski definition) is 4. The third-order valence-electron chi connectivity index (χ3n) is 0.818. The molecule has 0 saturated carbocycles. The molecule has 0 aliphatic rings. The van der Waals surface area contributed by atoms with Gasteiger partial charge in [-0.05, 0) is 0 Å². The van der Waals surface area contributed by atoms with Crippen LogP contribution in [0, 0.1) is 0 Å². The van der Waals surface area contributed by atoms with E-state index in [0.717, 1.165) is 11.5 Å². The first-order valence-corrected chi connectivity index (χ1v) is 4.60. The van der Waals surface area contributed by atoms with Crippen molar-refractivity contribution < 1.29 is 0 Å². The van der Waals surface area contributed by atoms with E-state index in [2.05, 4.69) is 50.5 Å². The molecule has 4 heteroatoms.